The molecule has 1 aliphatic rings. The van der Waals surface area contributed by atoms with Crippen LogP contribution >= 0.6 is 0 Å². The van der Waals surface area contributed by atoms with Crippen LogP contribution in [-0.2, 0) is 22.6 Å². The topological polar surface area (TPSA) is 73.3 Å². The van der Waals surface area contributed by atoms with Gasteiger partial charge in [0.2, 0.25) is 0 Å². The van der Waals surface area contributed by atoms with Crippen LogP contribution in [0.1, 0.15) is 23.1 Å². The number of hydrogen-bond donors (Lipinski definition) is 2. The lowest BCUT2D eigenvalue weighted by Crippen LogP contribution is -2.36. The van der Waals surface area contributed by atoms with Crippen LogP contribution < -0.4 is 20.1 Å². The van der Waals surface area contributed by atoms with E-state index in [-0.39, 0.29) is 0 Å². The Morgan fingerprint density at radius 3 is 2.59 bits per heavy atom. The van der Waals surface area contributed by atoms with E-state index in [2.05, 4.69) is 40.7 Å². The van der Waals surface area contributed by atoms with Gasteiger partial charge < -0.3 is 29.6 Å². The van der Waals surface area contributed by atoms with Crippen molar-refractivity contribution in [3.63, 3.8) is 0 Å². The van der Waals surface area contributed by atoms with Crippen molar-refractivity contribution in [1.82, 2.24) is 10.6 Å². The van der Waals surface area contributed by atoms with E-state index < -0.39 is 0 Å². The molecular weight excluding hydrogens is 406 g/mol. The normalized spacial score (nSPS) is 16.1. The molecule has 2 aromatic rings. The first-order chi connectivity index (χ1) is 15.7. The van der Waals surface area contributed by atoms with Crippen LogP contribution in [0.15, 0.2) is 47.5 Å². The number of nitrogens with one attached hydrogen (secondary N) is 2. The molecule has 174 valence electrons. The first-order valence-corrected chi connectivity index (χ1v) is 11.1. The monoisotopic (exact) mass is 441 g/mol. The molecule has 0 saturated carbocycles. The van der Waals surface area contributed by atoms with E-state index in [1.807, 2.05) is 24.3 Å². The number of aryl methyl sites for hydroxylation is 1. The van der Waals surface area contributed by atoms with Gasteiger partial charge in [-0.2, -0.15) is 0 Å². The van der Waals surface area contributed by atoms with Gasteiger partial charge in [-0.25, -0.2) is 0 Å². The lowest BCUT2D eigenvalue weighted by Gasteiger charge is -2.17. The fourth-order valence-electron chi connectivity index (χ4n) is 3.40. The van der Waals surface area contributed by atoms with Crippen LogP contribution in [0.5, 0.6) is 11.5 Å². The molecule has 2 aromatic carbocycles. The predicted octanol–water partition coefficient (Wildman–Crippen LogP) is 3.30. The Hall–Kier alpha value is -2.77. The maximum absolute atomic E-state index is 6.14. The van der Waals surface area contributed by atoms with Gasteiger partial charge in [0.05, 0.1) is 19.8 Å². The molecule has 3 rings (SSSR count). The highest BCUT2D eigenvalue weighted by Gasteiger charge is 2.17. The largest absolute Gasteiger partial charge is 0.493 e. The lowest BCUT2D eigenvalue weighted by molar-refractivity contribution is 0.146. The Kier molecular flexibility index (Phi) is 9.65. The zero-order valence-corrected chi connectivity index (χ0v) is 19.4. The molecule has 1 fully saturated rings. The number of ether oxygens (including phenoxy) is 4. The minimum atomic E-state index is 0.475. The van der Waals surface area contributed by atoms with Gasteiger partial charge in [-0.15, -0.1) is 0 Å². The van der Waals surface area contributed by atoms with Crippen LogP contribution in [0.25, 0.3) is 0 Å². The summed E-state index contributed by atoms with van der Waals surface area (Å²) in [7, 11) is 3.44. The van der Waals surface area contributed by atoms with Crippen molar-refractivity contribution in [2.75, 3.05) is 47.2 Å². The fraction of sp³-hybridized carbons (Fsp3) is 0.480. The van der Waals surface area contributed by atoms with E-state index >= 15 is 0 Å². The molecule has 1 aliphatic heterocycles. The molecule has 0 aliphatic carbocycles. The SMILES string of the molecule is CN=C(NCc1ccc(OCCOC)cc1)NCc1ccc(C)cc1OCC1CCOC1. The predicted molar refractivity (Wildman–Crippen MR) is 126 cm³/mol. The molecule has 0 radical (unpaired) electrons. The number of hydrogen-bond acceptors (Lipinski definition) is 5. The zero-order valence-electron chi connectivity index (χ0n) is 19.4. The Morgan fingerprint density at radius 1 is 1.06 bits per heavy atom. The minimum Gasteiger partial charge on any atom is -0.493 e. The third kappa shape index (κ3) is 7.73. The quantitative estimate of drug-likeness (QED) is 0.317. The highest BCUT2D eigenvalue weighted by Crippen LogP contribution is 2.22. The third-order valence-electron chi connectivity index (χ3n) is 5.33. The van der Waals surface area contributed by atoms with Gasteiger partial charge in [-0.3, -0.25) is 4.99 Å². The molecule has 7 heteroatoms. The molecule has 0 spiro atoms. The Morgan fingerprint density at radius 2 is 1.88 bits per heavy atom. The number of benzene rings is 2. The molecule has 0 amide bonds. The van der Waals surface area contributed by atoms with Crippen LogP contribution in [0.4, 0.5) is 0 Å². The van der Waals surface area contributed by atoms with Crippen molar-refractivity contribution >= 4 is 5.96 Å². The van der Waals surface area contributed by atoms with Crippen molar-refractivity contribution in [3.8, 4) is 11.5 Å². The highest BCUT2D eigenvalue weighted by molar-refractivity contribution is 5.79. The van der Waals surface area contributed by atoms with Crippen LogP contribution in [0.2, 0.25) is 0 Å². The smallest absolute Gasteiger partial charge is 0.191 e. The van der Waals surface area contributed by atoms with E-state index in [1.54, 1.807) is 14.2 Å². The fourth-order valence-corrected chi connectivity index (χ4v) is 3.40. The summed E-state index contributed by atoms with van der Waals surface area (Å²) in [5.74, 6) is 2.97. The van der Waals surface area contributed by atoms with Crippen molar-refractivity contribution in [2.45, 2.75) is 26.4 Å². The summed E-state index contributed by atoms with van der Waals surface area (Å²) >= 11 is 0. The molecule has 1 atom stereocenters. The number of guanidine groups is 1. The lowest BCUT2D eigenvalue weighted by atomic mass is 10.1. The van der Waals surface area contributed by atoms with E-state index in [0.717, 1.165) is 48.2 Å². The minimum absolute atomic E-state index is 0.475. The molecule has 1 saturated heterocycles. The second-order valence-electron chi connectivity index (χ2n) is 7.92. The van der Waals surface area contributed by atoms with Gasteiger partial charge >= 0.3 is 0 Å². The summed E-state index contributed by atoms with van der Waals surface area (Å²) in [4.78, 5) is 4.34. The number of methoxy groups -OCH3 is 1. The Labute approximate surface area is 191 Å². The number of aliphatic imine (C=N–C) groups is 1. The Bertz CT molecular complexity index is 849. The second kappa shape index (κ2) is 12.9. The van der Waals surface area contributed by atoms with Crippen molar-refractivity contribution in [2.24, 2.45) is 10.9 Å². The molecule has 2 N–H and O–H groups in total. The van der Waals surface area contributed by atoms with Gasteiger partial charge in [0, 0.05) is 45.3 Å². The van der Waals surface area contributed by atoms with Crippen LogP contribution in [0, 0.1) is 12.8 Å². The van der Waals surface area contributed by atoms with Gasteiger partial charge in [0.25, 0.3) is 0 Å². The van der Waals surface area contributed by atoms with Crippen LogP contribution in [-0.4, -0.2) is 53.2 Å². The summed E-state index contributed by atoms with van der Waals surface area (Å²) in [6, 6.07) is 14.3. The van der Waals surface area contributed by atoms with Gasteiger partial charge in [-0.1, -0.05) is 24.3 Å². The van der Waals surface area contributed by atoms with Crippen molar-refractivity contribution in [3.05, 3.63) is 59.2 Å². The average Bonchev–Trinajstić information content (AvgIpc) is 3.33. The maximum atomic E-state index is 6.14. The summed E-state index contributed by atoms with van der Waals surface area (Å²) in [5.41, 5.74) is 3.43. The highest BCUT2D eigenvalue weighted by atomic mass is 16.5. The zero-order chi connectivity index (χ0) is 22.6. The molecule has 0 bridgehead atoms. The molecular formula is C25H35N3O4. The van der Waals surface area contributed by atoms with Gasteiger partial charge in [0.15, 0.2) is 5.96 Å². The molecule has 1 heterocycles. The van der Waals surface area contributed by atoms with E-state index in [1.165, 1.54) is 5.56 Å². The van der Waals surface area contributed by atoms with Crippen LogP contribution in [0.3, 0.4) is 0 Å². The maximum Gasteiger partial charge on any atom is 0.191 e. The average molecular weight is 442 g/mol. The van der Waals surface area contributed by atoms with E-state index in [4.69, 9.17) is 18.9 Å². The van der Waals surface area contributed by atoms with E-state index in [0.29, 0.717) is 38.8 Å². The number of rotatable bonds is 11. The Balaban J connectivity index is 1.48. The standard InChI is InChI=1S/C25H35N3O4/c1-19-4-7-22(24(14-19)32-18-21-10-11-30-17-21)16-28-25(26-2)27-15-20-5-8-23(9-6-20)31-13-12-29-3/h4-9,14,21H,10-13,15-18H2,1-3H3,(H2,26,27,28). The molecule has 32 heavy (non-hydrogen) atoms. The second-order valence-corrected chi connectivity index (χ2v) is 7.92. The van der Waals surface area contributed by atoms with Gasteiger partial charge in [0.1, 0.15) is 18.1 Å². The third-order valence-corrected chi connectivity index (χ3v) is 5.33. The summed E-state index contributed by atoms with van der Waals surface area (Å²) in [5, 5.41) is 6.74. The van der Waals surface area contributed by atoms with E-state index in [9.17, 15) is 0 Å². The molecule has 1 unspecified atom stereocenters. The van der Waals surface area contributed by atoms with Crippen molar-refractivity contribution in [1.29, 1.82) is 0 Å². The first-order valence-electron chi connectivity index (χ1n) is 11.1. The molecule has 0 aromatic heterocycles. The van der Waals surface area contributed by atoms with Crippen molar-refractivity contribution < 1.29 is 18.9 Å². The first kappa shape index (κ1) is 23.9. The molecule has 7 nitrogen and oxygen atoms in total. The van der Waals surface area contributed by atoms with Gasteiger partial charge in [-0.05, 0) is 42.7 Å². The summed E-state index contributed by atoms with van der Waals surface area (Å²) in [6.07, 6.45) is 1.07. The summed E-state index contributed by atoms with van der Waals surface area (Å²) in [6.45, 7) is 6.81. The summed E-state index contributed by atoms with van der Waals surface area (Å²) < 4.78 is 22.2. The number of nitrogens with zero attached hydrogens (tertiary/aromatic N) is 1.